The molecule has 0 amide bonds. The molecule has 18 heavy (non-hydrogen) atoms. The highest BCUT2D eigenvalue weighted by Gasteiger charge is 2.30. The van der Waals surface area contributed by atoms with Gasteiger partial charge in [0.25, 0.3) is 0 Å². The molecule has 2 aliphatic rings. The van der Waals surface area contributed by atoms with Gasteiger partial charge in [0.1, 0.15) is 11.9 Å². The summed E-state index contributed by atoms with van der Waals surface area (Å²) >= 11 is 1.61. The van der Waals surface area contributed by atoms with Crippen molar-refractivity contribution in [3.63, 3.8) is 0 Å². The first kappa shape index (κ1) is 12.2. The Morgan fingerprint density at radius 2 is 2.22 bits per heavy atom. The minimum atomic E-state index is 0. The zero-order valence-electron chi connectivity index (χ0n) is 9.90. The van der Waals surface area contributed by atoms with Gasteiger partial charge in [0, 0.05) is 28.8 Å². The molecule has 1 aromatic carbocycles. The van der Waals surface area contributed by atoms with Gasteiger partial charge in [-0.1, -0.05) is 0 Å². The molecule has 5 heteroatoms. The summed E-state index contributed by atoms with van der Waals surface area (Å²) in [6.07, 6.45) is 2.29. The number of ether oxygens (including phenoxy) is 1. The first-order valence-electron chi connectivity index (χ1n) is 5.79. The van der Waals surface area contributed by atoms with Crippen molar-refractivity contribution in [2.75, 3.05) is 5.73 Å². The Bertz CT molecular complexity index is 638. The van der Waals surface area contributed by atoms with E-state index in [0.29, 0.717) is 11.2 Å². The Morgan fingerprint density at radius 3 is 3.06 bits per heavy atom. The van der Waals surface area contributed by atoms with Gasteiger partial charge in [0.15, 0.2) is 5.13 Å². The number of halogens is 1. The van der Waals surface area contributed by atoms with Gasteiger partial charge in [-0.05, 0) is 24.6 Å². The summed E-state index contributed by atoms with van der Waals surface area (Å²) in [6, 6.07) is 4.19. The molecular formula is C13H13IN2OS. The van der Waals surface area contributed by atoms with Gasteiger partial charge in [-0.15, -0.1) is 35.3 Å². The van der Waals surface area contributed by atoms with Gasteiger partial charge in [-0.25, -0.2) is 4.98 Å². The van der Waals surface area contributed by atoms with E-state index in [1.807, 2.05) is 0 Å². The van der Waals surface area contributed by atoms with Crippen molar-refractivity contribution in [3.05, 3.63) is 28.1 Å². The summed E-state index contributed by atoms with van der Waals surface area (Å²) < 4.78 is 5.79. The van der Waals surface area contributed by atoms with E-state index < -0.39 is 0 Å². The maximum atomic E-state index is 5.79. The molecule has 3 nitrogen and oxygen atoms in total. The molecule has 0 spiro atoms. The van der Waals surface area contributed by atoms with Crippen LogP contribution >= 0.6 is 35.3 Å². The molecule has 1 unspecified atom stereocenters. The molecule has 2 N–H and O–H groups in total. The van der Waals surface area contributed by atoms with E-state index in [1.54, 1.807) is 11.3 Å². The highest BCUT2D eigenvalue weighted by Crippen LogP contribution is 2.45. The number of nitrogen functional groups attached to an aromatic ring is 1. The number of hydrogen-bond acceptors (Lipinski definition) is 4. The molecule has 2 heterocycles. The molecule has 0 saturated carbocycles. The largest absolute Gasteiger partial charge is 0.490 e. The first-order chi connectivity index (χ1) is 8.22. The molecule has 0 bridgehead atoms. The molecule has 1 aliphatic carbocycles. The van der Waals surface area contributed by atoms with Crippen molar-refractivity contribution in [2.45, 2.75) is 25.9 Å². The molecule has 94 valence electrons. The van der Waals surface area contributed by atoms with Gasteiger partial charge >= 0.3 is 0 Å². The van der Waals surface area contributed by atoms with Crippen LogP contribution in [0.4, 0.5) is 5.13 Å². The van der Waals surface area contributed by atoms with E-state index in [1.165, 1.54) is 21.6 Å². The minimum Gasteiger partial charge on any atom is -0.490 e. The number of anilines is 1. The van der Waals surface area contributed by atoms with Crippen molar-refractivity contribution < 1.29 is 4.74 Å². The summed E-state index contributed by atoms with van der Waals surface area (Å²) in [5.41, 5.74) is 10.9. The predicted molar refractivity (Wildman–Crippen MR) is 84.0 cm³/mol. The number of benzene rings is 1. The number of thiazole rings is 1. The molecule has 0 radical (unpaired) electrons. The second-order valence-corrected chi connectivity index (χ2v) is 5.82. The van der Waals surface area contributed by atoms with E-state index >= 15 is 0 Å². The topological polar surface area (TPSA) is 48.1 Å². The van der Waals surface area contributed by atoms with Gasteiger partial charge < -0.3 is 10.5 Å². The zero-order valence-corrected chi connectivity index (χ0v) is 13.0. The van der Waals surface area contributed by atoms with Gasteiger partial charge in [-0.3, -0.25) is 0 Å². The average molecular weight is 372 g/mol. The van der Waals surface area contributed by atoms with Gasteiger partial charge in [-0.2, -0.15) is 0 Å². The lowest BCUT2D eigenvalue weighted by molar-refractivity contribution is 0.254. The Morgan fingerprint density at radius 1 is 1.39 bits per heavy atom. The maximum Gasteiger partial charge on any atom is 0.180 e. The number of hydrogen-bond donors (Lipinski definition) is 1. The lowest BCUT2D eigenvalue weighted by Crippen LogP contribution is -2.05. The molecule has 1 aliphatic heterocycles. The Balaban J connectivity index is 0.000001000. The van der Waals surface area contributed by atoms with E-state index in [0.717, 1.165) is 24.3 Å². The molecule has 2 aromatic rings. The lowest BCUT2D eigenvalue weighted by Gasteiger charge is -2.05. The van der Waals surface area contributed by atoms with Crippen LogP contribution in [0.15, 0.2) is 12.1 Å². The molecule has 1 atom stereocenters. The van der Waals surface area contributed by atoms with Gasteiger partial charge in [0.2, 0.25) is 0 Å². The third kappa shape index (κ3) is 1.56. The minimum absolute atomic E-state index is 0. The average Bonchev–Trinajstić information content (AvgIpc) is 2.88. The predicted octanol–water partition coefficient (Wildman–Crippen LogP) is 3.24. The fraction of sp³-hybridized carbons (Fsp3) is 0.308. The summed E-state index contributed by atoms with van der Waals surface area (Å²) in [5, 5.41) is 0.672. The fourth-order valence-electron chi connectivity index (χ4n) is 2.84. The van der Waals surface area contributed by atoms with Gasteiger partial charge in [0.05, 0.1) is 5.69 Å². The number of rotatable bonds is 0. The highest BCUT2D eigenvalue weighted by molar-refractivity contribution is 14.0. The quantitative estimate of drug-likeness (QED) is 0.617. The second kappa shape index (κ2) is 4.09. The zero-order chi connectivity index (χ0) is 11.6. The van der Waals surface area contributed by atoms with Crippen LogP contribution in [-0.2, 0) is 12.8 Å². The lowest BCUT2D eigenvalue weighted by atomic mass is 9.99. The standard InChI is InChI=1S/C13H12N2OS.HI/c1-6-4-9-8-5-11-12(15-13(14)17-11)7(8)2-3-10(9)16-6;/h2-3,6H,4-5H2,1H3,(H2,14,15);1H. The summed E-state index contributed by atoms with van der Waals surface area (Å²) in [4.78, 5) is 5.73. The number of aromatic nitrogens is 1. The molecule has 0 fully saturated rings. The maximum absolute atomic E-state index is 5.79. The Hall–Kier alpha value is -0.820. The van der Waals surface area contributed by atoms with Crippen LogP contribution in [0.3, 0.4) is 0 Å². The van der Waals surface area contributed by atoms with Crippen molar-refractivity contribution in [3.8, 4) is 17.0 Å². The van der Waals surface area contributed by atoms with Crippen LogP contribution in [0.5, 0.6) is 5.75 Å². The summed E-state index contributed by atoms with van der Waals surface area (Å²) in [5.74, 6) is 1.05. The normalized spacial score (nSPS) is 18.6. The molecule has 4 rings (SSSR count). The Kier molecular flexibility index (Phi) is 2.78. The van der Waals surface area contributed by atoms with Crippen LogP contribution < -0.4 is 10.5 Å². The van der Waals surface area contributed by atoms with Crippen LogP contribution in [0.2, 0.25) is 0 Å². The summed E-state index contributed by atoms with van der Waals surface area (Å²) in [7, 11) is 0. The number of nitrogens with zero attached hydrogens (tertiary/aromatic N) is 1. The third-order valence-electron chi connectivity index (χ3n) is 3.51. The molecule has 1 aromatic heterocycles. The van der Waals surface area contributed by atoms with Crippen LogP contribution in [0.1, 0.15) is 22.9 Å². The first-order valence-corrected chi connectivity index (χ1v) is 6.61. The molecular weight excluding hydrogens is 359 g/mol. The highest BCUT2D eigenvalue weighted by atomic mass is 127. The fourth-order valence-corrected chi connectivity index (χ4v) is 3.69. The van der Waals surface area contributed by atoms with Crippen molar-refractivity contribution in [1.82, 2.24) is 4.98 Å². The van der Waals surface area contributed by atoms with Crippen LogP contribution in [0.25, 0.3) is 11.3 Å². The molecule has 0 saturated heterocycles. The van der Waals surface area contributed by atoms with Crippen LogP contribution in [0, 0.1) is 0 Å². The van der Waals surface area contributed by atoms with E-state index in [4.69, 9.17) is 10.5 Å². The number of fused-ring (bicyclic) bond motifs is 5. The van der Waals surface area contributed by atoms with Crippen LogP contribution in [-0.4, -0.2) is 11.1 Å². The SMILES string of the molecule is CC1Cc2c(ccc3c2Cc2sc(N)nc2-3)O1.I. The monoisotopic (exact) mass is 372 g/mol. The Labute approximate surface area is 126 Å². The van der Waals surface area contributed by atoms with Crippen molar-refractivity contribution in [1.29, 1.82) is 0 Å². The van der Waals surface area contributed by atoms with E-state index in [2.05, 4.69) is 24.0 Å². The number of nitrogens with two attached hydrogens (primary N) is 1. The van der Waals surface area contributed by atoms with E-state index in [-0.39, 0.29) is 24.0 Å². The summed E-state index contributed by atoms with van der Waals surface area (Å²) in [6.45, 7) is 2.12. The second-order valence-electron chi connectivity index (χ2n) is 4.70. The van der Waals surface area contributed by atoms with E-state index in [9.17, 15) is 0 Å². The smallest absolute Gasteiger partial charge is 0.180 e. The van der Waals surface area contributed by atoms with Crippen molar-refractivity contribution in [2.24, 2.45) is 0 Å². The van der Waals surface area contributed by atoms with Crippen molar-refractivity contribution >= 4 is 40.4 Å². The third-order valence-corrected chi connectivity index (χ3v) is 4.40.